The lowest BCUT2D eigenvalue weighted by Crippen LogP contribution is -2.36. The Bertz CT molecular complexity index is 1020. The Hall–Kier alpha value is -2.09. The molecular formula is C23H29ClN2O4S. The molecule has 168 valence electrons. The van der Waals surface area contributed by atoms with Crippen molar-refractivity contribution in [1.82, 2.24) is 9.21 Å². The Morgan fingerprint density at radius 1 is 1.13 bits per heavy atom. The van der Waals surface area contributed by atoms with Gasteiger partial charge in [0.2, 0.25) is 10.0 Å². The van der Waals surface area contributed by atoms with Crippen molar-refractivity contribution in [3.63, 3.8) is 0 Å². The number of nitrogens with zero attached hydrogens (tertiary/aromatic N) is 2. The molecule has 2 aromatic rings. The summed E-state index contributed by atoms with van der Waals surface area (Å²) in [6.45, 7) is 3.93. The summed E-state index contributed by atoms with van der Waals surface area (Å²) in [7, 11) is -2.02. The van der Waals surface area contributed by atoms with Crippen LogP contribution in [0.25, 0.3) is 0 Å². The summed E-state index contributed by atoms with van der Waals surface area (Å²) >= 11 is 6.21. The van der Waals surface area contributed by atoms with Crippen LogP contribution < -0.4 is 4.74 Å². The zero-order valence-corrected chi connectivity index (χ0v) is 19.6. The number of hydrogen-bond donors (Lipinski definition) is 0. The maximum absolute atomic E-state index is 13.0. The number of carbonyl (C=O) groups is 1. The molecule has 0 N–H and O–H groups in total. The van der Waals surface area contributed by atoms with Crippen LogP contribution in [0.1, 0.15) is 41.6 Å². The number of halogens is 1. The van der Waals surface area contributed by atoms with Crippen molar-refractivity contribution in [2.24, 2.45) is 0 Å². The predicted molar refractivity (Wildman–Crippen MR) is 122 cm³/mol. The highest BCUT2D eigenvalue weighted by atomic mass is 35.5. The molecule has 0 saturated carbocycles. The molecule has 2 aromatic carbocycles. The van der Waals surface area contributed by atoms with E-state index in [2.05, 4.69) is 0 Å². The van der Waals surface area contributed by atoms with Crippen LogP contribution in [0, 0.1) is 6.92 Å². The van der Waals surface area contributed by atoms with E-state index < -0.39 is 10.0 Å². The Labute approximate surface area is 189 Å². The van der Waals surface area contributed by atoms with Gasteiger partial charge in [0, 0.05) is 32.2 Å². The van der Waals surface area contributed by atoms with Crippen LogP contribution in [0.3, 0.4) is 0 Å². The molecule has 31 heavy (non-hydrogen) atoms. The Morgan fingerprint density at radius 3 is 2.55 bits per heavy atom. The Kier molecular flexibility index (Phi) is 7.97. The van der Waals surface area contributed by atoms with Crippen LogP contribution >= 0.6 is 11.6 Å². The summed E-state index contributed by atoms with van der Waals surface area (Å²) in [5.41, 5.74) is 1.37. The summed E-state index contributed by atoms with van der Waals surface area (Å²) in [5.74, 6) is 0.587. The quantitative estimate of drug-likeness (QED) is 0.544. The number of aryl methyl sites for hydroxylation is 1. The third kappa shape index (κ3) is 5.79. The van der Waals surface area contributed by atoms with Crippen molar-refractivity contribution in [3.8, 4) is 5.75 Å². The van der Waals surface area contributed by atoms with Gasteiger partial charge in [0.1, 0.15) is 10.6 Å². The van der Waals surface area contributed by atoms with E-state index in [9.17, 15) is 13.2 Å². The number of hydrogen-bond acceptors (Lipinski definition) is 4. The van der Waals surface area contributed by atoms with Crippen molar-refractivity contribution < 1.29 is 17.9 Å². The fraction of sp³-hybridized carbons (Fsp3) is 0.435. The molecule has 0 unspecified atom stereocenters. The largest absolute Gasteiger partial charge is 0.493 e. The Balaban J connectivity index is 1.63. The van der Waals surface area contributed by atoms with E-state index in [-0.39, 0.29) is 15.8 Å². The van der Waals surface area contributed by atoms with E-state index in [1.807, 2.05) is 31.2 Å². The van der Waals surface area contributed by atoms with Crippen molar-refractivity contribution in [2.45, 2.75) is 37.5 Å². The lowest BCUT2D eigenvalue weighted by atomic mass is 10.2. The molecule has 1 aliphatic heterocycles. The summed E-state index contributed by atoms with van der Waals surface area (Å²) in [6, 6.07) is 12.2. The normalized spacial score (nSPS) is 14.9. The lowest BCUT2D eigenvalue weighted by molar-refractivity contribution is 0.0787. The summed E-state index contributed by atoms with van der Waals surface area (Å²) in [5, 5.41) is 0.136. The van der Waals surface area contributed by atoms with E-state index in [1.165, 1.54) is 16.4 Å². The van der Waals surface area contributed by atoms with Gasteiger partial charge >= 0.3 is 0 Å². The molecule has 0 atom stereocenters. The Morgan fingerprint density at radius 2 is 1.84 bits per heavy atom. The van der Waals surface area contributed by atoms with Crippen LogP contribution in [0.4, 0.5) is 0 Å². The van der Waals surface area contributed by atoms with Gasteiger partial charge in [-0.2, -0.15) is 4.31 Å². The minimum Gasteiger partial charge on any atom is -0.493 e. The fourth-order valence-corrected chi connectivity index (χ4v) is 5.62. The van der Waals surface area contributed by atoms with Crippen LogP contribution in [0.2, 0.25) is 5.02 Å². The van der Waals surface area contributed by atoms with Gasteiger partial charge in [0.25, 0.3) is 5.91 Å². The highest BCUT2D eigenvalue weighted by molar-refractivity contribution is 7.89. The highest BCUT2D eigenvalue weighted by Crippen LogP contribution is 2.28. The number of amides is 1. The molecule has 1 heterocycles. The molecule has 0 spiro atoms. The highest BCUT2D eigenvalue weighted by Gasteiger charge is 2.29. The number of piperidine rings is 1. The van der Waals surface area contributed by atoms with Crippen molar-refractivity contribution in [2.75, 3.05) is 33.3 Å². The van der Waals surface area contributed by atoms with E-state index >= 15 is 0 Å². The summed E-state index contributed by atoms with van der Waals surface area (Å²) in [4.78, 5) is 14.4. The lowest BCUT2D eigenvalue weighted by Gasteiger charge is -2.26. The first-order chi connectivity index (χ1) is 14.8. The number of para-hydroxylation sites is 1. The van der Waals surface area contributed by atoms with E-state index in [0.717, 1.165) is 30.6 Å². The van der Waals surface area contributed by atoms with Crippen LogP contribution in [-0.4, -0.2) is 56.8 Å². The third-order valence-electron chi connectivity index (χ3n) is 5.45. The van der Waals surface area contributed by atoms with Crippen molar-refractivity contribution in [1.29, 1.82) is 0 Å². The van der Waals surface area contributed by atoms with Gasteiger partial charge in [-0.05, 0) is 56.0 Å². The first kappa shape index (κ1) is 23.6. The molecule has 6 nitrogen and oxygen atoms in total. The average molecular weight is 465 g/mol. The smallest absolute Gasteiger partial charge is 0.253 e. The molecule has 0 radical (unpaired) electrons. The summed E-state index contributed by atoms with van der Waals surface area (Å²) in [6.07, 6.45) is 3.35. The molecular weight excluding hydrogens is 436 g/mol. The van der Waals surface area contributed by atoms with Gasteiger partial charge < -0.3 is 9.64 Å². The fourth-order valence-electron chi connectivity index (χ4n) is 3.60. The second kappa shape index (κ2) is 10.5. The molecule has 0 aromatic heterocycles. The number of rotatable bonds is 8. The molecule has 1 fully saturated rings. The van der Waals surface area contributed by atoms with Crippen LogP contribution in [0.15, 0.2) is 47.4 Å². The maximum Gasteiger partial charge on any atom is 0.253 e. The van der Waals surface area contributed by atoms with E-state index in [0.29, 0.717) is 38.2 Å². The SMILES string of the molecule is Cc1ccccc1OCCCN(C)C(=O)c1ccc(Cl)c(S(=O)(=O)N2CCCCC2)c1. The van der Waals surface area contributed by atoms with Gasteiger partial charge in [0.15, 0.2) is 0 Å². The number of sulfonamides is 1. The molecule has 1 saturated heterocycles. The zero-order valence-electron chi connectivity index (χ0n) is 18.0. The van der Waals surface area contributed by atoms with Gasteiger partial charge in [-0.15, -0.1) is 0 Å². The predicted octanol–water partition coefficient (Wildman–Crippen LogP) is 4.36. The van der Waals surface area contributed by atoms with Crippen molar-refractivity contribution in [3.05, 3.63) is 58.6 Å². The monoisotopic (exact) mass is 464 g/mol. The van der Waals surface area contributed by atoms with Crippen LogP contribution in [0.5, 0.6) is 5.75 Å². The van der Waals surface area contributed by atoms with E-state index in [1.54, 1.807) is 18.0 Å². The van der Waals surface area contributed by atoms with Gasteiger partial charge in [-0.1, -0.05) is 36.2 Å². The first-order valence-electron chi connectivity index (χ1n) is 10.5. The van der Waals surface area contributed by atoms with Gasteiger partial charge in [-0.3, -0.25) is 4.79 Å². The topological polar surface area (TPSA) is 66.9 Å². The van der Waals surface area contributed by atoms with E-state index in [4.69, 9.17) is 16.3 Å². The second-order valence-corrected chi connectivity index (χ2v) is 10.1. The average Bonchev–Trinajstić information content (AvgIpc) is 2.78. The molecule has 1 amide bonds. The number of benzene rings is 2. The molecule has 8 heteroatoms. The number of carbonyl (C=O) groups excluding carboxylic acids is 1. The third-order valence-corrected chi connectivity index (χ3v) is 7.83. The number of ether oxygens (including phenoxy) is 1. The first-order valence-corrected chi connectivity index (χ1v) is 12.4. The minimum absolute atomic E-state index is 0.00166. The molecule has 0 aliphatic carbocycles. The van der Waals surface area contributed by atoms with Crippen molar-refractivity contribution >= 4 is 27.5 Å². The molecule has 3 rings (SSSR count). The van der Waals surface area contributed by atoms with Crippen LogP contribution in [-0.2, 0) is 10.0 Å². The van der Waals surface area contributed by atoms with Gasteiger partial charge in [-0.25, -0.2) is 8.42 Å². The molecule has 1 aliphatic rings. The van der Waals surface area contributed by atoms with Gasteiger partial charge in [0.05, 0.1) is 11.6 Å². The second-order valence-electron chi connectivity index (χ2n) is 7.80. The zero-order chi connectivity index (χ0) is 22.4. The standard InChI is InChI=1S/C23H29ClN2O4S/c1-18-9-4-5-10-21(18)30-16-8-13-25(2)23(27)19-11-12-20(24)22(17-19)31(28,29)26-14-6-3-7-15-26/h4-5,9-12,17H,3,6-8,13-16H2,1-2H3. The molecule has 0 bridgehead atoms. The maximum atomic E-state index is 13.0. The minimum atomic E-state index is -3.72. The summed E-state index contributed by atoms with van der Waals surface area (Å²) < 4.78 is 33.3.